The Balaban J connectivity index is 2.15. The lowest BCUT2D eigenvalue weighted by atomic mass is 10.0. The number of hydrogen-bond donors (Lipinski definition) is 1. The second-order valence-electron chi connectivity index (χ2n) is 4.39. The number of carbonyl (C=O) groups is 2. The van der Waals surface area contributed by atoms with Gasteiger partial charge >= 0.3 is 5.97 Å². The Labute approximate surface area is 110 Å². The minimum atomic E-state index is -0.933. The molecule has 1 unspecified atom stereocenters. The van der Waals surface area contributed by atoms with Gasteiger partial charge in [0.2, 0.25) is 5.91 Å². The molecule has 0 aromatic heterocycles. The molecule has 1 aromatic carbocycles. The van der Waals surface area contributed by atoms with Gasteiger partial charge < -0.3 is 10.0 Å². The molecule has 5 heteroatoms. The third-order valence-electron chi connectivity index (χ3n) is 3.12. The lowest BCUT2D eigenvalue weighted by Crippen LogP contribution is -2.47. The van der Waals surface area contributed by atoms with Crippen LogP contribution in [-0.2, 0) is 16.1 Å². The van der Waals surface area contributed by atoms with Crippen LogP contribution in [0.25, 0.3) is 0 Å². The van der Waals surface area contributed by atoms with Gasteiger partial charge in [0, 0.05) is 18.0 Å². The molecule has 1 heterocycles. The minimum absolute atomic E-state index is 0.0939. The molecule has 1 aromatic rings. The standard InChI is InChI=1S/C13H14ClNO3/c14-10-6-4-9(5-7-10)8-15-11(13(17)18)2-1-3-12(15)16/h4-7,11H,1-3,8H2,(H,17,18). The molecule has 0 radical (unpaired) electrons. The minimum Gasteiger partial charge on any atom is -0.480 e. The number of amides is 1. The number of halogens is 1. The Morgan fingerprint density at radius 3 is 2.67 bits per heavy atom. The molecule has 1 N–H and O–H groups in total. The molecule has 18 heavy (non-hydrogen) atoms. The van der Waals surface area contributed by atoms with E-state index >= 15 is 0 Å². The van der Waals surface area contributed by atoms with Crippen LogP contribution in [0.3, 0.4) is 0 Å². The van der Waals surface area contributed by atoms with Gasteiger partial charge in [-0.15, -0.1) is 0 Å². The lowest BCUT2D eigenvalue weighted by molar-refractivity contribution is -0.153. The number of piperidine rings is 1. The first-order chi connectivity index (χ1) is 8.58. The number of aliphatic carboxylic acids is 1. The van der Waals surface area contributed by atoms with Gasteiger partial charge in [0.25, 0.3) is 0 Å². The van der Waals surface area contributed by atoms with Gasteiger partial charge in [0.1, 0.15) is 6.04 Å². The van der Waals surface area contributed by atoms with Crippen molar-refractivity contribution in [3.63, 3.8) is 0 Å². The number of rotatable bonds is 3. The van der Waals surface area contributed by atoms with Crippen molar-refractivity contribution < 1.29 is 14.7 Å². The van der Waals surface area contributed by atoms with Gasteiger partial charge in [-0.3, -0.25) is 4.79 Å². The number of carbonyl (C=O) groups excluding carboxylic acids is 1. The molecule has 0 aliphatic carbocycles. The molecule has 1 atom stereocenters. The van der Waals surface area contributed by atoms with Crippen molar-refractivity contribution >= 4 is 23.5 Å². The molecule has 1 aliphatic rings. The summed E-state index contributed by atoms with van der Waals surface area (Å²) in [6.07, 6.45) is 1.60. The monoisotopic (exact) mass is 267 g/mol. The van der Waals surface area contributed by atoms with Crippen LogP contribution < -0.4 is 0 Å². The summed E-state index contributed by atoms with van der Waals surface area (Å²) in [4.78, 5) is 24.4. The number of nitrogens with zero attached hydrogens (tertiary/aromatic N) is 1. The summed E-state index contributed by atoms with van der Waals surface area (Å²) in [6.45, 7) is 0.326. The number of hydrogen-bond acceptors (Lipinski definition) is 2. The third kappa shape index (κ3) is 2.82. The maximum Gasteiger partial charge on any atom is 0.326 e. The van der Waals surface area contributed by atoms with Crippen LogP contribution in [0.1, 0.15) is 24.8 Å². The number of carboxylic acids is 1. The van der Waals surface area contributed by atoms with E-state index in [0.717, 1.165) is 5.56 Å². The molecule has 96 valence electrons. The van der Waals surface area contributed by atoms with Gasteiger partial charge in [0.15, 0.2) is 0 Å². The fourth-order valence-electron chi connectivity index (χ4n) is 2.16. The van der Waals surface area contributed by atoms with Crippen molar-refractivity contribution in [3.8, 4) is 0 Å². The van der Waals surface area contributed by atoms with E-state index in [0.29, 0.717) is 30.8 Å². The van der Waals surface area contributed by atoms with Crippen molar-refractivity contribution in [1.29, 1.82) is 0 Å². The van der Waals surface area contributed by atoms with Crippen LogP contribution in [-0.4, -0.2) is 27.9 Å². The molecular weight excluding hydrogens is 254 g/mol. The van der Waals surface area contributed by atoms with E-state index in [4.69, 9.17) is 16.7 Å². The lowest BCUT2D eigenvalue weighted by Gasteiger charge is -2.33. The summed E-state index contributed by atoms with van der Waals surface area (Å²) in [5, 5.41) is 9.76. The Kier molecular flexibility index (Phi) is 3.87. The van der Waals surface area contributed by atoms with Crippen LogP contribution in [0, 0.1) is 0 Å². The maximum absolute atomic E-state index is 11.8. The van der Waals surface area contributed by atoms with Crippen molar-refractivity contribution in [2.24, 2.45) is 0 Å². The zero-order valence-electron chi connectivity index (χ0n) is 9.80. The summed E-state index contributed by atoms with van der Waals surface area (Å²) < 4.78 is 0. The van der Waals surface area contributed by atoms with Gasteiger partial charge in [-0.1, -0.05) is 23.7 Å². The van der Waals surface area contributed by atoms with Gasteiger partial charge in [-0.05, 0) is 30.5 Å². The molecule has 2 rings (SSSR count). The fourth-order valence-corrected chi connectivity index (χ4v) is 2.29. The molecule has 1 saturated heterocycles. The van der Waals surface area contributed by atoms with Gasteiger partial charge in [-0.2, -0.15) is 0 Å². The second-order valence-corrected chi connectivity index (χ2v) is 4.83. The van der Waals surface area contributed by atoms with E-state index in [-0.39, 0.29) is 5.91 Å². The zero-order valence-corrected chi connectivity index (χ0v) is 10.6. The first-order valence-corrected chi connectivity index (χ1v) is 6.22. The third-order valence-corrected chi connectivity index (χ3v) is 3.37. The molecule has 0 bridgehead atoms. The topological polar surface area (TPSA) is 57.6 Å². The van der Waals surface area contributed by atoms with E-state index < -0.39 is 12.0 Å². The Hall–Kier alpha value is -1.55. The second kappa shape index (κ2) is 5.40. The molecule has 1 amide bonds. The van der Waals surface area contributed by atoms with E-state index in [1.165, 1.54) is 4.90 Å². The molecule has 4 nitrogen and oxygen atoms in total. The van der Waals surface area contributed by atoms with Crippen molar-refractivity contribution in [3.05, 3.63) is 34.9 Å². The Bertz CT molecular complexity index is 458. The Morgan fingerprint density at radius 2 is 2.06 bits per heavy atom. The molecule has 1 fully saturated rings. The Morgan fingerprint density at radius 1 is 1.39 bits per heavy atom. The smallest absolute Gasteiger partial charge is 0.326 e. The van der Waals surface area contributed by atoms with E-state index in [2.05, 4.69) is 0 Å². The number of benzene rings is 1. The summed E-state index contributed by atoms with van der Waals surface area (Å²) in [6, 6.07) is 6.39. The highest BCUT2D eigenvalue weighted by molar-refractivity contribution is 6.30. The highest BCUT2D eigenvalue weighted by atomic mass is 35.5. The molecule has 0 saturated carbocycles. The van der Waals surface area contributed by atoms with Crippen molar-refractivity contribution in [1.82, 2.24) is 4.90 Å². The van der Waals surface area contributed by atoms with Crippen molar-refractivity contribution in [2.75, 3.05) is 0 Å². The predicted molar refractivity (Wildman–Crippen MR) is 67.3 cm³/mol. The predicted octanol–water partition coefficient (Wildman–Crippen LogP) is 2.31. The van der Waals surface area contributed by atoms with Gasteiger partial charge in [-0.25, -0.2) is 4.79 Å². The average Bonchev–Trinajstić information content (AvgIpc) is 2.34. The van der Waals surface area contributed by atoms with Crippen LogP contribution in [0.5, 0.6) is 0 Å². The quantitative estimate of drug-likeness (QED) is 0.914. The van der Waals surface area contributed by atoms with E-state index in [1.807, 2.05) is 12.1 Å². The number of carboxylic acid groups (broad SMARTS) is 1. The van der Waals surface area contributed by atoms with E-state index in [1.54, 1.807) is 12.1 Å². The first-order valence-electron chi connectivity index (χ1n) is 5.84. The highest BCUT2D eigenvalue weighted by Crippen LogP contribution is 2.21. The molecular formula is C13H14ClNO3. The average molecular weight is 268 g/mol. The number of likely N-dealkylation sites (tertiary alicyclic amines) is 1. The van der Waals surface area contributed by atoms with Gasteiger partial charge in [0.05, 0.1) is 0 Å². The van der Waals surface area contributed by atoms with E-state index in [9.17, 15) is 9.59 Å². The normalized spacial score (nSPS) is 19.9. The van der Waals surface area contributed by atoms with Crippen LogP contribution in [0.15, 0.2) is 24.3 Å². The van der Waals surface area contributed by atoms with Crippen molar-refractivity contribution in [2.45, 2.75) is 31.8 Å². The first kappa shape index (κ1) is 12.9. The summed E-state index contributed by atoms with van der Waals surface area (Å²) in [7, 11) is 0. The highest BCUT2D eigenvalue weighted by Gasteiger charge is 2.32. The summed E-state index contributed by atoms with van der Waals surface area (Å²) in [5.74, 6) is -1.03. The molecule has 1 aliphatic heterocycles. The summed E-state index contributed by atoms with van der Waals surface area (Å²) >= 11 is 5.79. The van der Waals surface area contributed by atoms with Crippen LogP contribution in [0.4, 0.5) is 0 Å². The molecule has 0 spiro atoms. The largest absolute Gasteiger partial charge is 0.480 e. The van der Waals surface area contributed by atoms with Crippen LogP contribution >= 0.6 is 11.6 Å². The zero-order chi connectivity index (χ0) is 13.1. The van der Waals surface area contributed by atoms with Crippen LogP contribution in [0.2, 0.25) is 5.02 Å². The maximum atomic E-state index is 11.8. The fraction of sp³-hybridized carbons (Fsp3) is 0.385. The summed E-state index contributed by atoms with van der Waals surface area (Å²) in [5.41, 5.74) is 0.890. The SMILES string of the molecule is O=C(O)C1CCCC(=O)N1Cc1ccc(Cl)cc1.